The van der Waals surface area contributed by atoms with Crippen LogP contribution in [0.25, 0.3) is 11.4 Å². The predicted molar refractivity (Wildman–Crippen MR) is 57.4 cm³/mol. The second kappa shape index (κ2) is 4.00. The largest absolute Gasteiger partial charge is 0.375 e. The highest BCUT2D eigenvalue weighted by Crippen LogP contribution is 2.14. The van der Waals surface area contributed by atoms with Gasteiger partial charge in [-0.3, -0.25) is 0 Å². The number of anilines is 1. The maximum absolute atomic E-state index is 4.25. The molecule has 2 rings (SSSR count). The van der Waals surface area contributed by atoms with E-state index in [0.717, 1.165) is 11.3 Å². The summed E-state index contributed by atoms with van der Waals surface area (Å²) in [6.07, 6.45) is 6.83. The van der Waals surface area contributed by atoms with Gasteiger partial charge in [0.2, 0.25) is 0 Å². The van der Waals surface area contributed by atoms with Crippen LogP contribution in [0.4, 0.5) is 5.69 Å². The van der Waals surface area contributed by atoms with Crippen molar-refractivity contribution in [2.24, 2.45) is 0 Å². The molecular weight excluding hydrogens is 190 g/mol. The van der Waals surface area contributed by atoms with Crippen LogP contribution >= 0.6 is 0 Å². The molecule has 0 aliphatic heterocycles. The Morgan fingerprint density at radius 1 is 1.00 bits per heavy atom. The van der Waals surface area contributed by atoms with E-state index < -0.39 is 0 Å². The smallest absolute Gasteiger partial charge is 0.160 e. The van der Waals surface area contributed by atoms with Crippen LogP contribution in [-0.2, 0) is 0 Å². The number of hydrogen-bond acceptors (Lipinski definition) is 5. The van der Waals surface area contributed by atoms with Gasteiger partial charge in [0.1, 0.15) is 0 Å². The van der Waals surface area contributed by atoms with Crippen LogP contribution in [-0.4, -0.2) is 34.3 Å². The Balaban J connectivity index is 2.32. The van der Waals surface area contributed by atoms with Crippen LogP contribution < -0.4 is 4.90 Å². The van der Waals surface area contributed by atoms with Crippen molar-refractivity contribution in [3.05, 3.63) is 30.9 Å². The topological polar surface area (TPSA) is 54.8 Å². The maximum atomic E-state index is 4.25. The molecule has 0 atom stereocenters. The summed E-state index contributed by atoms with van der Waals surface area (Å²) < 4.78 is 0. The van der Waals surface area contributed by atoms with Crippen LogP contribution in [0.5, 0.6) is 0 Å². The van der Waals surface area contributed by atoms with E-state index in [-0.39, 0.29) is 0 Å². The molecule has 15 heavy (non-hydrogen) atoms. The van der Waals surface area contributed by atoms with E-state index in [4.69, 9.17) is 0 Å². The van der Waals surface area contributed by atoms with Crippen molar-refractivity contribution in [3.8, 4) is 11.4 Å². The highest BCUT2D eigenvalue weighted by Gasteiger charge is 2.01. The van der Waals surface area contributed by atoms with Gasteiger partial charge >= 0.3 is 0 Å². The van der Waals surface area contributed by atoms with Gasteiger partial charge in [-0.25, -0.2) is 9.97 Å². The van der Waals surface area contributed by atoms with Crippen molar-refractivity contribution in [2.45, 2.75) is 0 Å². The Hall–Kier alpha value is -2.04. The van der Waals surface area contributed by atoms with E-state index in [1.807, 2.05) is 25.1 Å². The molecule has 0 fully saturated rings. The zero-order valence-electron chi connectivity index (χ0n) is 8.62. The first-order valence-electron chi connectivity index (χ1n) is 4.54. The second-order valence-corrected chi connectivity index (χ2v) is 3.29. The van der Waals surface area contributed by atoms with E-state index in [1.165, 1.54) is 0 Å². The third-order valence-corrected chi connectivity index (χ3v) is 2.00. The Morgan fingerprint density at radius 2 is 1.73 bits per heavy atom. The Bertz CT molecular complexity index is 423. The molecule has 2 aromatic heterocycles. The standard InChI is InChI=1S/C10H11N5/c1-15(2)9-6-11-10(12-7-9)8-3-4-13-14-5-8/h3-7H,1-2H3. The lowest BCUT2D eigenvalue weighted by atomic mass is 10.3. The summed E-state index contributed by atoms with van der Waals surface area (Å²) in [4.78, 5) is 10.5. The lowest BCUT2D eigenvalue weighted by Crippen LogP contribution is -2.09. The Labute approximate surface area is 87.8 Å². The minimum atomic E-state index is 0.663. The van der Waals surface area contributed by atoms with Crippen LogP contribution in [0.3, 0.4) is 0 Å². The highest BCUT2D eigenvalue weighted by molar-refractivity contribution is 5.54. The van der Waals surface area contributed by atoms with E-state index >= 15 is 0 Å². The molecule has 2 heterocycles. The van der Waals surface area contributed by atoms with Crippen molar-refractivity contribution in [2.75, 3.05) is 19.0 Å². The minimum Gasteiger partial charge on any atom is -0.375 e. The van der Waals surface area contributed by atoms with E-state index in [1.54, 1.807) is 24.8 Å². The van der Waals surface area contributed by atoms with E-state index in [9.17, 15) is 0 Å². The third-order valence-electron chi connectivity index (χ3n) is 2.00. The SMILES string of the molecule is CN(C)c1cnc(-c2ccnnc2)nc1. The summed E-state index contributed by atoms with van der Waals surface area (Å²) in [5.41, 5.74) is 1.84. The summed E-state index contributed by atoms with van der Waals surface area (Å²) in [5.74, 6) is 0.663. The zero-order valence-corrected chi connectivity index (χ0v) is 8.62. The first-order chi connectivity index (χ1) is 7.27. The van der Waals surface area contributed by atoms with Gasteiger partial charge in [-0.15, -0.1) is 0 Å². The van der Waals surface area contributed by atoms with Gasteiger partial charge in [0.25, 0.3) is 0 Å². The van der Waals surface area contributed by atoms with Gasteiger partial charge < -0.3 is 4.90 Å². The maximum Gasteiger partial charge on any atom is 0.160 e. The summed E-state index contributed by atoms with van der Waals surface area (Å²) in [6, 6.07) is 1.83. The first kappa shape index (κ1) is 9.51. The third kappa shape index (κ3) is 2.07. The molecule has 5 heteroatoms. The molecule has 0 bridgehead atoms. The minimum absolute atomic E-state index is 0.663. The van der Waals surface area contributed by atoms with E-state index in [2.05, 4.69) is 20.2 Å². The van der Waals surface area contributed by atoms with Crippen molar-refractivity contribution in [1.29, 1.82) is 0 Å². The van der Waals surface area contributed by atoms with Crippen LogP contribution in [0.1, 0.15) is 0 Å². The molecule has 0 unspecified atom stereocenters. The van der Waals surface area contributed by atoms with Gasteiger partial charge in [-0.1, -0.05) is 0 Å². The molecule has 0 radical (unpaired) electrons. The molecule has 2 aromatic rings. The highest BCUT2D eigenvalue weighted by atomic mass is 15.1. The molecule has 76 valence electrons. The molecule has 5 nitrogen and oxygen atoms in total. The van der Waals surface area contributed by atoms with E-state index in [0.29, 0.717) is 5.82 Å². The van der Waals surface area contributed by atoms with Crippen LogP contribution in [0.15, 0.2) is 30.9 Å². The van der Waals surface area contributed by atoms with Crippen LogP contribution in [0.2, 0.25) is 0 Å². The second-order valence-electron chi connectivity index (χ2n) is 3.29. The number of rotatable bonds is 2. The van der Waals surface area contributed by atoms with Crippen molar-refractivity contribution >= 4 is 5.69 Å². The molecule has 0 aromatic carbocycles. The monoisotopic (exact) mass is 201 g/mol. The molecule has 0 aliphatic rings. The number of nitrogens with zero attached hydrogens (tertiary/aromatic N) is 5. The fourth-order valence-electron chi connectivity index (χ4n) is 1.12. The summed E-state index contributed by atoms with van der Waals surface area (Å²) in [6.45, 7) is 0. The lowest BCUT2D eigenvalue weighted by Gasteiger charge is -2.10. The zero-order chi connectivity index (χ0) is 10.7. The molecule has 0 amide bonds. The fourth-order valence-corrected chi connectivity index (χ4v) is 1.12. The van der Waals surface area contributed by atoms with Crippen molar-refractivity contribution in [1.82, 2.24) is 20.2 Å². The average molecular weight is 201 g/mol. The molecule has 0 N–H and O–H groups in total. The average Bonchev–Trinajstić information content (AvgIpc) is 2.30. The van der Waals surface area contributed by atoms with Gasteiger partial charge in [-0.05, 0) is 6.07 Å². The molecular formula is C10H11N5. The van der Waals surface area contributed by atoms with Gasteiger partial charge in [0.15, 0.2) is 5.82 Å². The predicted octanol–water partition coefficient (Wildman–Crippen LogP) is 1.000. The molecule has 0 saturated heterocycles. The normalized spacial score (nSPS) is 10.0. The van der Waals surface area contributed by atoms with Gasteiger partial charge in [-0.2, -0.15) is 10.2 Å². The van der Waals surface area contributed by atoms with Crippen molar-refractivity contribution < 1.29 is 0 Å². The van der Waals surface area contributed by atoms with Crippen LogP contribution in [0, 0.1) is 0 Å². The Kier molecular flexibility index (Phi) is 2.53. The molecule has 0 spiro atoms. The Morgan fingerprint density at radius 3 is 2.27 bits per heavy atom. The van der Waals surface area contributed by atoms with Gasteiger partial charge in [0.05, 0.1) is 30.5 Å². The van der Waals surface area contributed by atoms with Gasteiger partial charge in [0, 0.05) is 19.7 Å². The number of hydrogen-bond donors (Lipinski definition) is 0. The summed E-state index contributed by atoms with van der Waals surface area (Å²) in [5, 5.41) is 7.48. The summed E-state index contributed by atoms with van der Waals surface area (Å²) in [7, 11) is 3.90. The lowest BCUT2D eigenvalue weighted by molar-refractivity contribution is 1.02. The summed E-state index contributed by atoms with van der Waals surface area (Å²) >= 11 is 0. The molecule has 0 saturated carbocycles. The quantitative estimate of drug-likeness (QED) is 0.725. The fraction of sp³-hybridized carbons (Fsp3) is 0.200. The van der Waals surface area contributed by atoms with Crippen molar-refractivity contribution in [3.63, 3.8) is 0 Å². The first-order valence-corrected chi connectivity index (χ1v) is 4.54. The molecule has 0 aliphatic carbocycles. The number of aromatic nitrogens is 4.